The number of ether oxygens (including phenoxy) is 1. The molecule has 0 saturated heterocycles. The molecular weight excluding hydrogens is 573 g/mol. The summed E-state index contributed by atoms with van der Waals surface area (Å²) < 4.78 is 34.0. The summed E-state index contributed by atoms with van der Waals surface area (Å²) in [4.78, 5) is 28.2. The van der Waals surface area contributed by atoms with Crippen molar-refractivity contribution in [3.63, 3.8) is 0 Å². The fourth-order valence-corrected chi connectivity index (χ4v) is 5.81. The highest BCUT2D eigenvalue weighted by atomic mass is 35.5. The standard InChI is InChI=1S/C29H33Cl2N3O5S/c1-5-16-32-29(36)21(3)33(18-22-8-9-23(30)17-27(22)31)28(35)19-34(24-10-12-25(39-4)13-11-24)40(37,38)26-14-6-20(2)7-15-26/h6-15,17,21H,5,16,18-19H2,1-4H3,(H,32,36). The zero-order valence-corrected chi connectivity index (χ0v) is 25.2. The van der Waals surface area contributed by atoms with Crippen LogP contribution in [0.2, 0.25) is 10.0 Å². The SMILES string of the molecule is CCCNC(=O)C(C)N(Cc1ccc(Cl)cc1Cl)C(=O)CN(c1ccc(OC)cc1)S(=O)(=O)c1ccc(C)cc1. The van der Waals surface area contributed by atoms with E-state index >= 15 is 0 Å². The van der Waals surface area contributed by atoms with E-state index in [-0.39, 0.29) is 23.0 Å². The van der Waals surface area contributed by atoms with Gasteiger partial charge in [0.2, 0.25) is 11.8 Å². The maximum atomic E-state index is 13.9. The Morgan fingerprint density at radius 1 is 1.00 bits per heavy atom. The highest BCUT2D eigenvalue weighted by molar-refractivity contribution is 7.92. The normalized spacial score (nSPS) is 11.9. The molecule has 3 aromatic carbocycles. The van der Waals surface area contributed by atoms with Crippen LogP contribution in [0.25, 0.3) is 0 Å². The van der Waals surface area contributed by atoms with Crippen molar-refractivity contribution in [3.05, 3.63) is 87.9 Å². The summed E-state index contributed by atoms with van der Waals surface area (Å²) in [6.45, 7) is 5.22. The van der Waals surface area contributed by atoms with Gasteiger partial charge in [-0.05, 0) is 74.4 Å². The van der Waals surface area contributed by atoms with Crippen molar-refractivity contribution in [3.8, 4) is 5.75 Å². The minimum Gasteiger partial charge on any atom is -0.497 e. The summed E-state index contributed by atoms with van der Waals surface area (Å²) in [7, 11) is -2.66. The molecule has 3 rings (SSSR count). The van der Waals surface area contributed by atoms with E-state index in [2.05, 4.69) is 5.32 Å². The lowest BCUT2D eigenvalue weighted by Crippen LogP contribution is -2.51. The molecule has 214 valence electrons. The maximum Gasteiger partial charge on any atom is 0.264 e. The predicted octanol–water partition coefficient (Wildman–Crippen LogP) is 5.45. The number of sulfonamides is 1. The summed E-state index contributed by atoms with van der Waals surface area (Å²) in [5.74, 6) is -0.419. The molecule has 0 radical (unpaired) electrons. The van der Waals surface area contributed by atoms with Gasteiger partial charge in [-0.3, -0.25) is 13.9 Å². The van der Waals surface area contributed by atoms with Gasteiger partial charge in [0.05, 0.1) is 17.7 Å². The number of hydrogen-bond donors (Lipinski definition) is 1. The molecule has 0 bridgehead atoms. The van der Waals surface area contributed by atoms with Crippen LogP contribution in [0.15, 0.2) is 71.6 Å². The van der Waals surface area contributed by atoms with Crippen molar-refractivity contribution in [1.82, 2.24) is 10.2 Å². The largest absolute Gasteiger partial charge is 0.497 e. The van der Waals surface area contributed by atoms with Gasteiger partial charge in [-0.15, -0.1) is 0 Å². The molecular formula is C29H33Cl2N3O5S. The van der Waals surface area contributed by atoms with E-state index in [0.717, 1.165) is 16.3 Å². The molecule has 1 N–H and O–H groups in total. The first-order valence-corrected chi connectivity index (χ1v) is 14.9. The minimum atomic E-state index is -4.16. The average molecular weight is 607 g/mol. The third-order valence-electron chi connectivity index (χ3n) is 6.32. The van der Waals surface area contributed by atoms with Gasteiger partial charge in [-0.2, -0.15) is 0 Å². The summed E-state index contributed by atoms with van der Waals surface area (Å²) in [5.41, 5.74) is 1.72. The number of halogens is 2. The van der Waals surface area contributed by atoms with Crippen LogP contribution in [-0.4, -0.2) is 51.4 Å². The first kappa shape index (κ1) is 31.3. The first-order chi connectivity index (χ1) is 19.0. The lowest BCUT2D eigenvalue weighted by Gasteiger charge is -2.32. The number of aryl methyl sites for hydroxylation is 1. The van der Waals surface area contributed by atoms with E-state index in [0.29, 0.717) is 27.9 Å². The van der Waals surface area contributed by atoms with Gasteiger partial charge in [0.25, 0.3) is 10.0 Å². The zero-order valence-electron chi connectivity index (χ0n) is 22.9. The lowest BCUT2D eigenvalue weighted by molar-refractivity contribution is -0.139. The molecule has 0 aliphatic rings. The number of methoxy groups -OCH3 is 1. The second kappa shape index (κ2) is 13.9. The number of benzene rings is 3. The highest BCUT2D eigenvalue weighted by Crippen LogP contribution is 2.28. The molecule has 1 atom stereocenters. The number of carbonyl (C=O) groups excluding carboxylic acids is 2. The molecule has 0 aromatic heterocycles. The van der Waals surface area contributed by atoms with Crippen LogP contribution in [0.3, 0.4) is 0 Å². The first-order valence-electron chi connectivity index (χ1n) is 12.7. The van der Waals surface area contributed by atoms with Crippen LogP contribution in [-0.2, 0) is 26.2 Å². The minimum absolute atomic E-state index is 0.0303. The van der Waals surface area contributed by atoms with Crippen molar-refractivity contribution in [2.24, 2.45) is 0 Å². The number of amides is 2. The quantitative estimate of drug-likeness (QED) is 0.296. The third kappa shape index (κ3) is 7.68. The monoisotopic (exact) mass is 605 g/mol. The summed E-state index contributed by atoms with van der Waals surface area (Å²) in [5, 5.41) is 3.55. The maximum absolute atomic E-state index is 13.9. The second-order valence-electron chi connectivity index (χ2n) is 9.25. The van der Waals surface area contributed by atoms with Crippen LogP contribution in [0.5, 0.6) is 5.75 Å². The van der Waals surface area contributed by atoms with Crippen LogP contribution >= 0.6 is 23.2 Å². The summed E-state index contributed by atoms with van der Waals surface area (Å²) in [6, 6.07) is 16.7. The number of hydrogen-bond acceptors (Lipinski definition) is 5. The molecule has 0 aliphatic heterocycles. The number of nitrogens with one attached hydrogen (secondary N) is 1. The molecule has 0 spiro atoms. The number of anilines is 1. The van der Waals surface area contributed by atoms with Crippen molar-refractivity contribution in [2.45, 2.75) is 44.7 Å². The van der Waals surface area contributed by atoms with Crippen LogP contribution in [0, 0.1) is 6.92 Å². The van der Waals surface area contributed by atoms with Gasteiger partial charge in [0.1, 0.15) is 18.3 Å². The van der Waals surface area contributed by atoms with Gasteiger partial charge in [-0.25, -0.2) is 8.42 Å². The Morgan fingerprint density at radius 3 is 2.23 bits per heavy atom. The lowest BCUT2D eigenvalue weighted by atomic mass is 10.1. The highest BCUT2D eigenvalue weighted by Gasteiger charge is 2.32. The van der Waals surface area contributed by atoms with E-state index in [1.165, 1.54) is 24.1 Å². The third-order valence-corrected chi connectivity index (χ3v) is 8.70. The molecule has 0 saturated carbocycles. The van der Waals surface area contributed by atoms with Crippen molar-refractivity contribution >= 4 is 50.7 Å². The molecule has 40 heavy (non-hydrogen) atoms. The van der Waals surface area contributed by atoms with Crippen LogP contribution in [0.4, 0.5) is 5.69 Å². The average Bonchev–Trinajstić information content (AvgIpc) is 2.94. The predicted molar refractivity (Wildman–Crippen MR) is 158 cm³/mol. The van der Waals surface area contributed by atoms with E-state index in [1.807, 2.05) is 13.8 Å². The van der Waals surface area contributed by atoms with E-state index in [1.54, 1.807) is 61.5 Å². The molecule has 3 aromatic rings. The van der Waals surface area contributed by atoms with Crippen molar-refractivity contribution in [2.75, 3.05) is 24.5 Å². The smallest absolute Gasteiger partial charge is 0.264 e. The molecule has 0 fully saturated rings. The molecule has 8 nitrogen and oxygen atoms in total. The Kier molecular flexibility index (Phi) is 10.8. The van der Waals surface area contributed by atoms with Crippen LogP contribution < -0.4 is 14.4 Å². The summed E-state index contributed by atoms with van der Waals surface area (Å²) >= 11 is 12.5. The Labute approximate surface area is 245 Å². The van der Waals surface area contributed by atoms with Crippen LogP contribution in [0.1, 0.15) is 31.4 Å². The zero-order chi connectivity index (χ0) is 29.4. The fourth-order valence-electron chi connectivity index (χ4n) is 3.93. The Morgan fingerprint density at radius 2 is 1.65 bits per heavy atom. The molecule has 1 unspecified atom stereocenters. The Bertz CT molecular complexity index is 1430. The van der Waals surface area contributed by atoms with Crippen molar-refractivity contribution in [1.29, 1.82) is 0 Å². The number of carbonyl (C=O) groups is 2. The number of rotatable bonds is 12. The molecule has 2 amide bonds. The van der Waals surface area contributed by atoms with Gasteiger partial charge in [0, 0.05) is 23.1 Å². The van der Waals surface area contributed by atoms with Gasteiger partial charge >= 0.3 is 0 Å². The van der Waals surface area contributed by atoms with Gasteiger partial charge in [-0.1, -0.05) is 53.9 Å². The fraction of sp³-hybridized carbons (Fsp3) is 0.310. The second-order valence-corrected chi connectivity index (χ2v) is 12.0. The topological polar surface area (TPSA) is 96.0 Å². The molecule has 0 aliphatic carbocycles. The Hall–Kier alpha value is -3.27. The summed E-state index contributed by atoms with van der Waals surface area (Å²) in [6.07, 6.45) is 0.718. The molecule has 11 heteroatoms. The van der Waals surface area contributed by atoms with Crippen molar-refractivity contribution < 1.29 is 22.7 Å². The van der Waals surface area contributed by atoms with E-state index in [9.17, 15) is 18.0 Å². The molecule has 0 heterocycles. The van der Waals surface area contributed by atoms with Gasteiger partial charge < -0.3 is 15.0 Å². The van der Waals surface area contributed by atoms with E-state index < -0.39 is 28.5 Å². The Balaban J connectivity index is 2.04. The van der Waals surface area contributed by atoms with E-state index in [4.69, 9.17) is 27.9 Å². The van der Waals surface area contributed by atoms with Gasteiger partial charge in [0.15, 0.2) is 0 Å². The number of nitrogens with zero attached hydrogens (tertiary/aromatic N) is 2.